The van der Waals surface area contributed by atoms with E-state index in [0.717, 1.165) is 31.4 Å². The van der Waals surface area contributed by atoms with Crippen LogP contribution in [0.1, 0.15) is 18.4 Å². The average Bonchev–Trinajstić information content (AvgIpc) is 2.54. The number of hydrogen-bond acceptors (Lipinski definition) is 1. The van der Waals surface area contributed by atoms with Crippen LogP contribution >= 0.6 is 23.2 Å². The Bertz CT molecular complexity index is 299. The number of hydrogen-bond donors (Lipinski definition) is 0. The highest BCUT2D eigenvalue weighted by Gasteiger charge is 2.16. The zero-order chi connectivity index (χ0) is 9.97. The summed E-state index contributed by atoms with van der Waals surface area (Å²) < 4.78 is 5.54. The lowest BCUT2D eigenvalue weighted by Gasteiger charge is -2.09. The van der Waals surface area contributed by atoms with Gasteiger partial charge in [0.15, 0.2) is 0 Å². The van der Waals surface area contributed by atoms with Crippen molar-refractivity contribution in [3.63, 3.8) is 0 Å². The molecule has 1 nitrogen and oxygen atoms in total. The van der Waals surface area contributed by atoms with Crippen molar-refractivity contribution in [1.29, 1.82) is 0 Å². The van der Waals surface area contributed by atoms with E-state index in [0.29, 0.717) is 16.1 Å². The zero-order valence-electron chi connectivity index (χ0n) is 7.72. The lowest BCUT2D eigenvalue weighted by atomic mass is 10.1. The molecule has 2 rings (SSSR count). The SMILES string of the molecule is Clc1[c]c(Cl)cc(CC2CCCO2)c1. The van der Waals surface area contributed by atoms with Crippen LogP contribution in [0.4, 0.5) is 0 Å². The van der Waals surface area contributed by atoms with Gasteiger partial charge in [-0.25, -0.2) is 0 Å². The van der Waals surface area contributed by atoms with Crippen LogP contribution in [0.5, 0.6) is 0 Å². The van der Waals surface area contributed by atoms with E-state index < -0.39 is 0 Å². The Labute approximate surface area is 94.0 Å². The van der Waals surface area contributed by atoms with Crippen molar-refractivity contribution in [3.8, 4) is 0 Å². The fraction of sp³-hybridized carbons (Fsp3) is 0.455. The number of rotatable bonds is 2. The molecule has 75 valence electrons. The highest BCUT2D eigenvalue weighted by molar-refractivity contribution is 6.34. The van der Waals surface area contributed by atoms with Gasteiger partial charge in [-0.2, -0.15) is 0 Å². The molecule has 1 radical (unpaired) electrons. The molecule has 0 spiro atoms. The zero-order valence-corrected chi connectivity index (χ0v) is 9.24. The van der Waals surface area contributed by atoms with Crippen molar-refractivity contribution in [3.05, 3.63) is 33.8 Å². The van der Waals surface area contributed by atoms with Gasteiger partial charge in [0, 0.05) is 12.7 Å². The van der Waals surface area contributed by atoms with E-state index in [-0.39, 0.29) is 0 Å². The van der Waals surface area contributed by atoms with E-state index in [1.165, 1.54) is 0 Å². The van der Waals surface area contributed by atoms with Gasteiger partial charge in [0.25, 0.3) is 0 Å². The molecule has 1 fully saturated rings. The van der Waals surface area contributed by atoms with Crippen molar-refractivity contribution in [2.45, 2.75) is 25.4 Å². The van der Waals surface area contributed by atoms with Crippen molar-refractivity contribution in [2.24, 2.45) is 0 Å². The Morgan fingerprint density at radius 3 is 2.64 bits per heavy atom. The van der Waals surface area contributed by atoms with Gasteiger partial charge in [0.05, 0.1) is 16.1 Å². The fourth-order valence-electron chi connectivity index (χ4n) is 1.74. The average molecular weight is 230 g/mol. The molecule has 1 heterocycles. The third kappa shape index (κ3) is 2.63. The second kappa shape index (κ2) is 4.52. The topological polar surface area (TPSA) is 9.23 Å². The predicted molar refractivity (Wildman–Crippen MR) is 58.0 cm³/mol. The Morgan fingerprint density at radius 2 is 2.07 bits per heavy atom. The van der Waals surface area contributed by atoms with Gasteiger partial charge in [-0.3, -0.25) is 0 Å². The van der Waals surface area contributed by atoms with E-state index in [1.54, 1.807) is 0 Å². The summed E-state index contributed by atoms with van der Waals surface area (Å²) in [6.45, 7) is 0.880. The van der Waals surface area contributed by atoms with E-state index in [1.807, 2.05) is 12.1 Å². The molecule has 0 N–H and O–H groups in total. The molecule has 1 aromatic carbocycles. The molecule has 1 atom stereocenters. The van der Waals surface area contributed by atoms with Crippen LogP contribution in [0, 0.1) is 6.07 Å². The van der Waals surface area contributed by atoms with Gasteiger partial charge in [-0.15, -0.1) is 0 Å². The van der Waals surface area contributed by atoms with Crippen LogP contribution in [-0.2, 0) is 11.2 Å². The second-order valence-electron chi connectivity index (χ2n) is 3.52. The lowest BCUT2D eigenvalue weighted by Crippen LogP contribution is -2.08. The summed E-state index contributed by atoms with van der Waals surface area (Å²) in [5, 5.41) is 1.15. The standard InChI is InChI=1S/C11H11Cl2O/c12-9-4-8(5-10(13)7-9)6-11-2-1-3-14-11/h4-5,11H,1-3,6H2. The molecule has 1 unspecified atom stereocenters. The molecule has 1 aliphatic rings. The van der Waals surface area contributed by atoms with E-state index in [2.05, 4.69) is 6.07 Å². The molecule has 0 aromatic heterocycles. The monoisotopic (exact) mass is 229 g/mol. The summed E-state index contributed by atoms with van der Waals surface area (Å²) in [4.78, 5) is 0. The van der Waals surface area contributed by atoms with Crippen molar-refractivity contribution in [2.75, 3.05) is 6.61 Å². The number of halogens is 2. The third-order valence-electron chi connectivity index (χ3n) is 2.35. The minimum Gasteiger partial charge on any atom is -0.378 e. The molecule has 0 amide bonds. The van der Waals surface area contributed by atoms with Crippen LogP contribution in [0.2, 0.25) is 10.0 Å². The maximum atomic E-state index is 5.85. The van der Waals surface area contributed by atoms with Gasteiger partial charge in [0.2, 0.25) is 0 Å². The minimum absolute atomic E-state index is 0.338. The first-order valence-corrected chi connectivity index (χ1v) is 5.48. The Morgan fingerprint density at radius 1 is 1.36 bits per heavy atom. The number of ether oxygens (including phenoxy) is 1. The van der Waals surface area contributed by atoms with E-state index >= 15 is 0 Å². The highest BCUT2D eigenvalue weighted by Crippen LogP contribution is 2.22. The summed E-state index contributed by atoms with van der Waals surface area (Å²) in [6.07, 6.45) is 3.53. The van der Waals surface area contributed by atoms with Crippen LogP contribution in [0.3, 0.4) is 0 Å². The molecule has 1 aliphatic heterocycles. The molecule has 14 heavy (non-hydrogen) atoms. The molecule has 0 aliphatic carbocycles. The van der Waals surface area contributed by atoms with Crippen LogP contribution in [0.25, 0.3) is 0 Å². The first kappa shape index (κ1) is 10.3. The van der Waals surface area contributed by atoms with Crippen molar-refractivity contribution >= 4 is 23.2 Å². The number of benzene rings is 1. The van der Waals surface area contributed by atoms with Crippen LogP contribution < -0.4 is 0 Å². The molecular formula is C11H11Cl2O. The summed E-state index contributed by atoms with van der Waals surface area (Å²) in [5.74, 6) is 0. The van der Waals surface area contributed by atoms with Gasteiger partial charge in [-0.05, 0) is 37.0 Å². The Kier molecular flexibility index (Phi) is 3.32. The second-order valence-corrected chi connectivity index (χ2v) is 4.34. The first-order valence-electron chi connectivity index (χ1n) is 4.73. The van der Waals surface area contributed by atoms with Crippen molar-refractivity contribution in [1.82, 2.24) is 0 Å². The Hall–Kier alpha value is -0.240. The van der Waals surface area contributed by atoms with Crippen LogP contribution in [-0.4, -0.2) is 12.7 Å². The minimum atomic E-state index is 0.338. The molecule has 1 saturated heterocycles. The fourth-order valence-corrected chi connectivity index (χ4v) is 2.27. The van der Waals surface area contributed by atoms with Crippen LogP contribution in [0.15, 0.2) is 12.1 Å². The lowest BCUT2D eigenvalue weighted by molar-refractivity contribution is 0.111. The Balaban J connectivity index is 2.07. The summed E-state index contributed by atoms with van der Waals surface area (Å²) >= 11 is 11.7. The van der Waals surface area contributed by atoms with Gasteiger partial charge < -0.3 is 4.74 Å². The smallest absolute Gasteiger partial charge is 0.0616 e. The molecular weight excluding hydrogens is 219 g/mol. The molecule has 1 aromatic rings. The summed E-state index contributed by atoms with van der Waals surface area (Å²) in [6, 6.07) is 6.62. The largest absolute Gasteiger partial charge is 0.378 e. The predicted octanol–water partition coefficient (Wildman–Crippen LogP) is 3.52. The van der Waals surface area contributed by atoms with Gasteiger partial charge in [-0.1, -0.05) is 23.2 Å². The third-order valence-corrected chi connectivity index (χ3v) is 2.76. The van der Waals surface area contributed by atoms with Gasteiger partial charge in [0.1, 0.15) is 0 Å². The normalized spacial score (nSPS) is 21.4. The summed E-state index contributed by atoms with van der Waals surface area (Å²) in [7, 11) is 0. The summed E-state index contributed by atoms with van der Waals surface area (Å²) in [5.41, 5.74) is 1.13. The maximum Gasteiger partial charge on any atom is 0.0616 e. The molecule has 0 saturated carbocycles. The quantitative estimate of drug-likeness (QED) is 0.755. The first-order chi connectivity index (χ1) is 6.74. The van der Waals surface area contributed by atoms with E-state index in [9.17, 15) is 0 Å². The molecule has 0 bridgehead atoms. The van der Waals surface area contributed by atoms with E-state index in [4.69, 9.17) is 27.9 Å². The maximum absolute atomic E-state index is 5.85. The van der Waals surface area contributed by atoms with Gasteiger partial charge >= 0.3 is 0 Å². The van der Waals surface area contributed by atoms with Crippen molar-refractivity contribution < 1.29 is 4.74 Å². The highest BCUT2D eigenvalue weighted by atomic mass is 35.5. The molecule has 3 heteroatoms.